The van der Waals surface area contributed by atoms with E-state index in [1.54, 1.807) is 21.8 Å². The highest BCUT2D eigenvalue weighted by molar-refractivity contribution is 5.92. The van der Waals surface area contributed by atoms with E-state index in [9.17, 15) is 9.59 Å². The first-order chi connectivity index (χ1) is 11.6. The largest absolute Gasteiger partial charge is 0.481 e. The van der Waals surface area contributed by atoms with Gasteiger partial charge in [-0.3, -0.25) is 9.59 Å². The first-order valence-corrected chi connectivity index (χ1v) is 8.22. The molecule has 1 atom stereocenters. The van der Waals surface area contributed by atoms with Crippen LogP contribution in [0.25, 0.3) is 5.69 Å². The lowest BCUT2D eigenvalue weighted by atomic mass is 9.90. The number of carbonyl (C=O) groups is 2. The topological polar surface area (TPSA) is 75.4 Å². The first-order valence-electron chi connectivity index (χ1n) is 8.22. The van der Waals surface area contributed by atoms with Gasteiger partial charge >= 0.3 is 5.97 Å². The van der Waals surface area contributed by atoms with Gasteiger partial charge in [-0.1, -0.05) is 18.2 Å². The summed E-state index contributed by atoms with van der Waals surface area (Å²) >= 11 is 0. The Labute approximate surface area is 139 Å². The number of rotatable bonds is 3. The third-order valence-corrected chi connectivity index (χ3v) is 5.36. The maximum absolute atomic E-state index is 12.6. The van der Waals surface area contributed by atoms with E-state index in [4.69, 9.17) is 5.11 Å². The molecule has 2 aliphatic rings. The minimum absolute atomic E-state index is 0.0635. The molecule has 1 aromatic carbocycles. The van der Waals surface area contributed by atoms with Crippen molar-refractivity contribution < 1.29 is 14.7 Å². The van der Waals surface area contributed by atoms with Gasteiger partial charge in [0.05, 0.1) is 11.6 Å². The molecular formula is C18H19N3O3. The smallest absolute Gasteiger partial charge is 0.307 e. The fraction of sp³-hybridized carbons (Fsp3) is 0.389. The van der Waals surface area contributed by atoms with Gasteiger partial charge in [0.1, 0.15) is 0 Å². The number of carbonyl (C=O) groups excluding carboxylic acids is 1. The van der Waals surface area contributed by atoms with E-state index in [1.807, 2.05) is 30.3 Å². The fourth-order valence-electron chi connectivity index (χ4n) is 3.73. The van der Waals surface area contributed by atoms with Crippen LogP contribution in [0.15, 0.2) is 42.6 Å². The number of piperidine rings is 1. The summed E-state index contributed by atoms with van der Waals surface area (Å²) in [7, 11) is 0. The van der Waals surface area contributed by atoms with E-state index in [0.29, 0.717) is 18.8 Å². The number of amides is 1. The number of carboxylic acids is 1. The van der Waals surface area contributed by atoms with Crippen LogP contribution in [0.5, 0.6) is 0 Å². The van der Waals surface area contributed by atoms with E-state index in [-0.39, 0.29) is 17.2 Å². The molecule has 1 aliphatic carbocycles. The molecule has 2 aromatic rings. The van der Waals surface area contributed by atoms with Crippen LogP contribution >= 0.6 is 0 Å². The van der Waals surface area contributed by atoms with E-state index < -0.39 is 5.97 Å². The van der Waals surface area contributed by atoms with Crippen LogP contribution in [0, 0.1) is 11.3 Å². The number of benzene rings is 1. The Kier molecular flexibility index (Phi) is 3.40. The van der Waals surface area contributed by atoms with Crippen LogP contribution in [0.1, 0.15) is 29.8 Å². The van der Waals surface area contributed by atoms with Crippen molar-refractivity contribution in [2.24, 2.45) is 11.3 Å². The molecule has 1 amide bonds. The summed E-state index contributed by atoms with van der Waals surface area (Å²) in [5.41, 5.74) is 1.28. The summed E-state index contributed by atoms with van der Waals surface area (Å²) in [5.74, 6) is -0.990. The zero-order valence-corrected chi connectivity index (χ0v) is 13.3. The van der Waals surface area contributed by atoms with Gasteiger partial charge in [-0.15, -0.1) is 0 Å². The SMILES string of the molecule is O=C(O)C1CC12CCN(C(=O)c1ccn(-c3ccccc3)n1)CC2. The average Bonchev–Trinajstić information content (AvgIpc) is 3.09. The minimum atomic E-state index is -0.698. The molecule has 1 N–H and O–H groups in total. The Bertz CT molecular complexity index is 776. The molecule has 124 valence electrons. The van der Waals surface area contributed by atoms with Gasteiger partial charge < -0.3 is 10.0 Å². The second-order valence-electron chi connectivity index (χ2n) is 6.73. The number of carboxylic acid groups (broad SMARTS) is 1. The van der Waals surface area contributed by atoms with Crippen LogP contribution in [-0.4, -0.2) is 44.8 Å². The molecule has 1 saturated carbocycles. The second kappa shape index (κ2) is 5.47. The number of aromatic nitrogens is 2. The van der Waals surface area contributed by atoms with E-state index in [2.05, 4.69) is 5.10 Å². The van der Waals surface area contributed by atoms with Crippen molar-refractivity contribution in [3.63, 3.8) is 0 Å². The number of aliphatic carboxylic acids is 1. The lowest BCUT2D eigenvalue weighted by molar-refractivity contribution is -0.139. The van der Waals surface area contributed by atoms with Gasteiger partial charge in [0.15, 0.2) is 5.69 Å². The lowest BCUT2D eigenvalue weighted by Gasteiger charge is -2.32. The normalized spacial score (nSPS) is 21.7. The number of likely N-dealkylation sites (tertiary alicyclic amines) is 1. The predicted molar refractivity (Wildman–Crippen MR) is 86.9 cm³/mol. The fourth-order valence-corrected chi connectivity index (χ4v) is 3.73. The molecule has 1 spiro atoms. The molecule has 1 saturated heterocycles. The van der Waals surface area contributed by atoms with Crippen molar-refractivity contribution in [2.45, 2.75) is 19.3 Å². The molecule has 6 heteroatoms. The molecule has 4 rings (SSSR count). The maximum atomic E-state index is 12.6. The Morgan fingerprint density at radius 3 is 2.46 bits per heavy atom. The van der Waals surface area contributed by atoms with Crippen LogP contribution < -0.4 is 0 Å². The van der Waals surface area contributed by atoms with Crippen molar-refractivity contribution in [3.8, 4) is 5.69 Å². The number of hydrogen-bond acceptors (Lipinski definition) is 3. The van der Waals surface area contributed by atoms with Crippen LogP contribution in [-0.2, 0) is 4.79 Å². The Balaban J connectivity index is 1.43. The molecule has 0 radical (unpaired) electrons. The van der Waals surface area contributed by atoms with Gasteiger partial charge in [0, 0.05) is 19.3 Å². The highest BCUT2D eigenvalue weighted by Gasteiger charge is 2.59. The Hall–Kier alpha value is -2.63. The van der Waals surface area contributed by atoms with Crippen LogP contribution in [0.2, 0.25) is 0 Å². The maximum Gasteiger partial charge on any atom is 0.307 e. The third-order valence-electron chi connectivity index (χ3n) is 5.36. The molecule has 1 aliphatic heterocycles. The quantitative estimate of drug-likeness (QED) is 0.939. The molecule has 2 heterocycles. The highest BCUT2D eigenvalue weighted by Crippen LogP contribution is 2.59. The zero-order chi connectivity index (χ0) is 16.7. The van der Waals surface area contributed by atoms with Crippen molar-refractivity contribution >= 4 is 11.9 Å². The standard InChI is InChI=1S/C18H19N3O3/c22-16(15-6-9-21(19-15)13-4-2-1-3-5-13)20-10-7-18(8-11-20)12-14(18)17(23)24/h1-6,9,14H,7-8,10-12H2,(H,23,24). The molecule has 1 aromatic heterocycles. The summed E-state index contributed by atoms with van der Waals surface area (Å²) in [4.78, 5) is 25.5. The molecule has 6 nitrogen and oxygen atoms in total. The molecular weight excluding hydrogens is 306 g/mol. The second-order valence-corrected chi connectivity index (χ2v) is 6.73. The minimum Gasteiger partial charge on any atom is -0.481 e. The molecule has 2 fully saturated rings. The number of para-hydroxylation sites is 1. The number of nitrogens with zero attached hydrogens (tertiary/aromatic N) is 3. The zero-order valence-electron chi connectivity index (χ0n) is 13.3. The van der Waals surface area contributed by atoms with Crippen molar-refractivity contribution in [2.75, 3.05) is 13.1 Å². The summed E-state index contributed by atoms with van der Waals surface area (Å²) in [6, 6.07) is 11.4. The van der Waals surface area contributed by atoms with Crippen molar-refractivity contribution in [1.82, 2.24) is 14.7 Å². The van der Waals surface area contributed by atoms with Crippen molar-refractivity contribution in [3.05, 3.63) is 48.3 Å². The Morgan fingerprint density at radius 2 is 1.83 bits per heavy atom. The van der Waals surface area contributed by atoms with Crippen LogP contribution in [0.3, 0.4) is 0 Å². The first kappa shape index (κ1) is 14.9. The lowest BCUT2D eigenvalue weighted by Crippen LogP contribution is -2.40. The summed E-state index contributed by atoms with van der Waals surface area (Å²) in [6.45, 7) is 1.22. The van der Waals surface area contributed by atoms with Gasteiger partial charge in [0.25, 0.3) is 5.91 Å². The third kappa shape index (κ3) is 2.48. The van der Waals surface area contributed by atoms with Gasteiger partial charge in [-0.25, -0.2) is 4.68 Å². The van der Waals surface area contributed by atoms with Crippen molar-refractivity contribution in [1.29, 1.82) is 0 Å². The average molecular weight is 325 g/mol. The summed E-state index contributed by atoms with van der Waals surface area (Å²) in [5, 5.41) is 13.5. The van der Waals surface area contributed by atoms with Gasteiger partial charge in [-0.2, -0.15) is 5.10 Å². The van der Waals surface area contributed by atoms with E-state index >= 15 is 0 Å². The predicted octanol–water partition coefficient (Wildman–Crippen LogP) is 2.20. The van der Waals surface area contributed by atoms with Gasteiger partial charge in [0.2, 0.25) is 0 Å². The summed E-state index contributed by atoms with van der Waals surface area (Å²) < 4.78 is 1.69. The van der Waals surface area contributed by atoms with Crippen LogP contribution in [0.4, 0.5) is 0 Å². The van der Waals surface area contributed by atoms with Gasteiger partial charge in [-0.05, 0) is 42.9 Å². The molecule has 1 unspecified atom stereocenters. The van der Waals surface area contributed by atoms with E-state index in [1.165, 1.54) is 0 Å². The highest BCUT2D eigenvalue weighted by atomic mass is 16.4. The summed E-state index contributed by atoms with van der Waals surface area (Å²) in [6.07, 6.45) is 4.09. The number of hydrogen-bond donors (Lipinski definition) is 1. The van der Waals surface area contributed by atoms with E-state index in [0.717, 1.165) is 24.9 Å². The molecule has 0 bridgehead atoms. The molecule has 24 heavy (non-hydrogen) atoms. The Morgan fingerprint density at radius 1 is 1.12 bits per heavy atom. The monoisotopic (exact) mass is 325 g/mol.